The highest BCUT2D eigenvalue weighted by Crippen LogP contribution is 2.46. The molecule has 0 radical (unpaired) electrons. The Labute approximate surface area is 522 Å². The van der Waals surface area contributed by atoms with Crippen molar-refractivity contribution in [1.82, 2.24) is 19.1 Å². The number of halogens is 3. The molecule has 12 aromatic rings. The molecule has 0 aliphatic rings. The Hall–Kier alpha value is -9.91. The van der Waals surface area contributed by atoms with Crippen LogP contribution in [0.15, 0.2) is 280 Å². The first kappa shape index (κ1) is 61.7. The van der Waals surface area contributed by atoms with E-state index in [0.29, 0.717) is 46.1 Å². The smallest absolute Gasteiger partial charge is 0.379 e. The van der Waals surface area contributed by atoms with E-state index < -0.39 is 43.7 Å². The minimum Gasteiger partial charge on any atom is -0.379 e. The monoisotopic (exact) mass is 1220 g/mol. The molecule has 0 aliphatic heterocycles. The molecule has 2 unspecified atom stereocenters. The molecule has 0 fully saturated rings. The summed E-state index contributed by atoms with van der Waals surface area (Å²) in [7, 11) is -5.82. The standard InChI is InChI=1S/C38H33F3N2O4S.C38H33N3O/c1-27(2)24-36(44,33-20-18-29-23-34(21-19-28(29)22-33)47-48(45,46)38(39,40)41)35-25-43(26-42-35)37(30-12-6-3-7-13-30,31-14-8-4-9-15-31)32-16-10-5-11-17-32;1-28(2)24-37(42,35-21-20-30-22-29(25-39)18-19-31(30)23-35)36-26-41(27-40-36)38(32-12-6-3-7-13-32,33-14-8-4-9-15-33)34-16-10-5-11-17-34/h3-23,25-27,44H,24H2,1-2H3;3-23,26-28,42H,24H2,1-2H3. The van der Waals surface area contributed by atoms with E-state index in [4.69, 9.17) is 9.97 Å². The van der Waals surface area contributed by atoms with Gasteiger partial charge in [-0.05, 0) is 127 Å². The molecule has 2 heterocycles. The van der Waals surface area contributed by atoms with Gasteiger partial charge in [0.25, 0.3) is 0 Å². The SMILES string of the molecule is CC(C)CC(O)(c1ccc2cc(C#N)ccc2c1)c1cn(C(c2ccccc2)(c2ccccc2)c2ccccc2)cn1.CC(C)CC(O)(c1ccc2cc(OS(=O)(=O)C(F)(F)F)ccc2c1)c1cn(C(c2ccccc2)(c2ccccc2)c2ccccc2)cn1. The Bertz CT molecular complexity index is 4390. The summed E-state index contributed by atoms with van der Waals surface area (Å²) in [5.41, 5.74) is -0.792. The summed E-state index contributed by atoms with van der Waals surface area (Å²) in [5.74, 6) is -0.219. The van der Waals surface area contributed by atoms with Gasteiger partial charge in [0, 0.05) is 12.4 Å². The fourth-order valence-electron chi connectivity index (χ4n) is 12.6. The predicted octanol–water partition coefficient (Wildman–Crippen LogP) is 16.4. The van der Waals surface area contributed by atoms with Crippen molar-refractivity contribution in [3.8, 4) is 11.8 Å². The molecule has 452 valence electrons. The van der Waals surface area contributed by atoms with Crippen molar-refractivity contribution >= 4 is 31.7 Å². The van der Waals surface area contributed by atoms with Crippen molar-refractivity contribution in [2.75, 3.05) is 0 Å². The van der Waals surface area contributed by atoms with Crippen molar-refractivity contribution in [3.05, 3.63) is 341 Å². The predicted molar refractivity (Wildman–Crippen MR) is 347 cm³/mol. The molecule has 0 amide bonds. The highest BCUT2D eigenvalue weighted by molar-refractivity contribution is 7.88. The van der Waals surface area contributed by atoms with Crippen LogP contribution < -0.4 is 4.18 Å². The maximum absolute atomic E-state index is 12.9. The minimum atomic E-state index is -5.82. The van der Waals surface area contributed by atoms with Crippen LogP contribution in [0, 0.1) is 23.2 Å². The molecular weight excluding hydrogens is 1150 g/mol. The van der Waals surface area contributed by atoms with Crippen molar-refractivity contribution in [3.63, 3.8) is 0 Å². The van der Waals surface area contributed by atoms with E-state index in [1.807, 2.05) is 146 Å². The Balaban J connectivity index is 0.000000187. The number of aromatic nitrogens is 4. The number of hydrogen-bond acceptors (Lipinski definition) is 8. The zero-order valence-corrected chi connectivity index (χ0v) is 50.8. The van der Waals surface area contributed by atoms with Crippen LogP contribution >= 0.6 is 0 Å². The molecule has 10 nitrogen and oxygen atoms in total. The van der Waals surface area contributed by atoms with Crippen LogP contribution in [0.5, 0.6) is 5.75 Å². The summed E-state index contributed by atoms with van der Waals surface area (Å²) in [4.78, 5) is 9.77. The quantitative estimate of drug-likeness (QED) is 0.0491. The second-order valence-corrected chi connectivity index (χ2v) is 25.0. The lowest BCUT2D eigenvalue weighted by Gasteiger charge is -2.37. The third kappa shape index (κ3) is 11.8. The lowest BCUT2D eigenvalue weighted by Crippen LogP contribution is -2.37. The maximum atomic E-state index is 12.9. The van der Waals surface area contributed by atoms with Gasteiger partial charge in [-0.3, -0.25) is 0 Å². The number of hydrogen-bond donors (Lipinski definition) is 2. The molecule has 2 atom stereocenters. The van der Waals surface area contributed by atoms with Gasteiger partial charge in [-0.25, -0.2) is 9.97 Å². The first-order valence-electron chi connectivity index (χ1n) is 29.7. The van der Waals surface area contributed by atoms with Crippen LogP contribution in [0.2, 0.25) is 0 Å². The van der Waals surface area contributed by atoms with Gasteiger partial charge < -0.3 is 23.5 Å². The van der Waals surface area contributed by atoms with Gasteiger partial charge in [-0.2, -0.15) is 26.9 Å². The molecule has 14 heteroatoms. The topological polar surface area (TPSA) is 143 Å². The van der Waals surface area contributed by atoms with E-state index in [2.05, 4.69) is 138 Å². The molecule has 0 saturated carbocycles. The summed E-state index contributed by atoms with van der Waals surface area (Å²) in [6.45, 7) is 8.22. The summed E-state index contributed by atoms with van der Waals surface area (Å²) >= 11 is 0. The van der Waals surface area contributed by atoms with E-state index in [9.17, 15) is 37.1 Å². The Kier molecular flexibility index (Phi) is 17.3. The molecule has 10 aromatic carbocycles. The zero-order valence-electron chi connectivity index (χ0n) is 50.0. The van der Waals surface area contributed by atoms with Gasteiger partial charge >= 0.3 is 15.6 Å². The third-order valence-corrected chi connectivity index (χ3v) is 17.5. The fourth-order valence-corrected chi connectivity index (χ4v) is 13.1. The molecular formula is C76H66F3N5O5S. The zero-order chi connectivity index (χ0) is 63.3. The Morgan fingerprint density at radius 1 is 0.444 bits per heavy atom. The van der Waals surface area contributed by atoms with Crippen molar-refractivity contribution in [2.24, 2.45) is 11.8 Å². The van der Waals surface area contributed by atoms with Gasteiger partial charge in [-0.15, -0.1) is 0 Å². The van der Waals surface area contributed by atoms with Crippen molar-refractivity contribution in [2.45, 2.75) is 68.3 Å². The fraction of sp³-hybridized carbons (Fsp3) is 0.171. The van der Waals surface area contributed by atoms with E-state index in [1.54, 1.807) is 24.5 Å². The van der Waals surface area contributed by atoms with E-state index in [1.165, 1.54) is 12.1 Å². The van der Waals surface area contributed by atoms with E-state index >= 15 is 0 Å². The number of nitriles is 1. The minimum absolute atomic E-state index is 0.0429. The summed E-state index contributed by atoms with van der Waals surface area (Å²) in [6.07, 6.45) is 8.29. The van der Waals surface area contributed by atoms with Gasteiger partial charge in [0.15, 0.2) is 0 Å². The first-order valence-corrected chi connectivity index (χ1v) is 31.1. The maximum Gasteiger partial charge on any atom is 0.534 e. The number of nitrogens with zero attached hydrogens (tertiary/aromatic N) is 5. The largest absolute Gasteiger partial charge is 0.534 e. The third-order valence-electron chi connectivity index (χ3n) is 16.6. The van der Waals surface area contributed by atoms with Crippen LogP contribution in [0.4, 0.5) is 13.2 Å². The molecule has 0 aliphatic carbocycles. The summed E-state index contributed by atoms with van der Waals surface area (Å²) in [5, 5.41) is 37.4. The second kappa shape index (κ2) is 25.3. The molecule has 0 spiro atoms. The van der Waals surface area contributed by atoms with Crippen LogP contribution in [-0.4, -0.2) is 43.2 Å². The van der Waals surface area contributed by atoms with Crippen LogP contribution in [0.3, 0.4) is 0 Å². The molecule has 12 rings (SSSR count). The molecule has 0 saturated heterocycles. The normalized spacial score (nSPS) is 13.5. The lowest BCUT2D eigenvalue weighted by molar-refractivity contribution is -0.0500. The summed E-state index contributed by atoms with van der Waals surface area (Å²) < 4.78 is 70.3. The number of fused-ring (bicyclic) bond motifs is 2. The van der Waals surface area contributed by atoms with Gasteiger partial charge in [0.1, 0.15) is 28.0 Å². The molecule has 90 heavy (non-hydrogen) atoms. The number of rotatable bonds is 18. The average molecular weight is 1220 g/mol. The first-order chi connectivity index (χ1) is 43.3. The Morgan fingerprint density at radius 2 is 0.756 bits per heavy atom. The molecule has 2 aromatic heterocycles. The van der Waals surface area contributed by atoms with E-state index in [0.717, 1.165) is 55.8 Å². The Morgan fingerprint density at radius 3 is 1.08 bits per heavy atom. The number of imidazole rings is 2. The van der Waals surface area contributed by atoms with Gasteiger partial charge in [-0.1, -0.05) is 246 Å². The van der Waals surface area contributed by atoms with Crippen molar-refractivity contribution < 1.29 is 36.0 Å². The highest BCUT2D eigenvalue weighted by Gasteiger charge is 2.49. The van der Waals surface area contributed by atoms with E-state index in [-0.39, 0.29) is 11.8 Å². The van der Waals surface area contributed by atoms with Crippen LogP contribution in [-0.2, 0) is 32.4 Å². The number of benzene rings is 10. The van der Waals surface area contributed by atoms with Crippen molar-refractivity contribution in [1.29, 1.82) is 5.26 Å². The average Bonchev–Trinajstić information content (AvgIpc) is 1.39. The lowest BCUT2D eigenvalue weighted by atomic mass is 9.76. The van der Waals surface area contributed by atoms with Crippen LogP contribution in [0.25, 0.3) is 21.5 Å². The summed E-state index contributed by atoms with van der Waals surface area (Å²) in [6, 6.07) is 84.3. The highest BCUT2D eigenvalue weighted by atomic mass is 32.2. The molecule has 2 N–H and O–H groups in total. The molecule has 0 bridgehead atoms. The number of aliphatic hydroxyl groups is 2. The number of alkyl halides is 3. The van der Waals surface area contributed by atoms with Crippen LogP contribution in [0.1, 0.15) is 102 Å². The van der Waals surface area contributed by atoms with Gasteiger partial charge in [0.2, 0.25) is 0 Å². The van der Waals surface area contributed by atoms with Gasteiger partial charge in [0.05, 0.1) is 35.7 Å². The second-order valence-electron chi connectivity index (χ2n) is 23.5.